The lowest BCUT2D eigenvalue weighted by Crippen LogP contribution is -2.50. The molecule has 1 aromatic carbocycles. The summed E-state index contributed by atoms with van der Waals surface area (Å²) in [4.78, 5) is 24.7. The van der Waals surface area contributed by atoms with Crippen molar-refractivity contribution >= 4 is 11.8 Å². The summed E-state index contributed by atoms with van der Waals surface area (Å²) >= 11 is 0. The summed E-state index contributed by atoms with van der Waals surface area (Å²) in [7, 11) is 0. The summed E-state index contributed by atoms with van der Waals surface area (Å²) in [5.41, 5.74) is 2.19. The van der Waals surface area contributed by atoms with Gasteiger partial charge >= 0.3 is 0 Å². The third-order valence-corrected chi connectivity index (χ3v) is 3.92. The Bertz CT molecular complexity index is 675. The standard InChI is InChI=1S/C19H24N2O3/c1-12(2)17(21-18(22)16-6-5-11-24-16)19(23)20-14(4)15-9-7-13(3)8-10-15/h5-12,14,17H,1-4H3,(H,20,23)(H,21,22). The minimum Gasteiger partial charge on any atom is -0.459 e. The van der Waals surface area contributed by atoms with E-state index in [1.807, 2.05) is 52.0 Å². The highest BCUT2D eigenvalue weighted by Crippen LogP contribution is 2.14. The van der Waals surface area contributed by atoms with Gasteiger partial charge in [0.05, 0.1) is 12.3 Å². The van der Waals surface area contributed by atoms with E-state index in [1.54, 1.807) is 12.1 Å². The Kier molecular flexibility index (Phi) is 5.79. The van der Waals surface area contributed by atoms with Crippen molar-refractivity contribution in [2.75, 3.05) is 0 Å². The maximum absolute atomic E-state index is 12.6. The lowest BCUT2D eigenvalue weighted by atomic mass is 10.0. The van der Waals surface area contributed by atoms with E-state index in [0.717, 1.165) is 5.56 Å². The molecule has 2 unspecified atom stereocenters. The van der Waals surface area contributed by atoms with Crippen LogP contribution in [-0.4, -0.2) is 17.9 Å². The van der Waals surface area contributed by atoms with Gasteiger partial charge in [-0.05, 0) is 37.5 Å². The summed E-state index contributed by atoms with van der Waals surface area (Å²) in [6.45, 7) is 7.73. The number of rotatable bonds is 6. The highest BCUT2D eigenvalue weighted by Gasteiger charge is 2.26. The second kappa shape index (κ2) is 7.81. The van der Waals surface area contributed by atoms with Gasteiger partial charge in [-0.1, -0.05) is 43.7 Å². The number of carbonyl (C=O) groups is 2. The maximum Gasteiger partial charge on any atom is 0.287 e. The molecule has 0 aliphatic rings. The van der Waals surface area contributed by atoms with E-state index in [2.05, 4.69) is 10.6 Å². The number of nitrogens with one attached hydrogen (secondary N) is 2. The molecule has 2 N–H and O–H groups in total. The minimum absolute atomic E-state index is 0.0471. The van der Waals surface area contributed by atoms with Gasteiger partial charge in [0.2, 0.25) is 5.91 Å². The van der Waals surface area contributed by atoms with Crippen molar-refractivity contribution in [3.8, 4) is 0 Å². The number of furan rings is 1. The lowest BCUT2D eigenvalue weighted by molar-refractivity contribution is -0.124. The molecule has 2 rings (SSSR count). The smallest absolute Gasteiger partial charge is 0.287 e. The molecule has 0 radical (unpaired) electrons. The summed E-state index contributed by atoms with van der Waals surface area (Å²) in [6, 6.07) is 10.4. The van der Waals surface area contributed by atoms with Crippen molar-refractivity contribution in [2.45, 2.75) is 39.8 Å². The minimum atomic E-state index is -0.629. The van der Waals surface area contributed by atoms with Crippen LogP contribution in [0.25, 0.3) is 0 Å². The van der Waals surface area contributed by atoms with E-state index in [-0.39, 0.29) is 23.6 Å². The van der Waals surface area contributed by atoms with Crippen molar-refractivity contribution in [1.82, 2.24) is 10.6 Å². The molecule has 0 saturated carbocycles. The van der Waals surface area contributed by atoms with Gasteiger partial charge in [0, 0.05) is 0 Å². The highest BCUT2D eigenvalue weighted by molar-refractivity contribution is 5.95. The fourth-order valence-corrected chi connectivity index (χ4v) is 2.40. The van der Waals surface area contributed by atoms with Gasteiger partial charge in [0.15, 0.2) is 5.76 Å². The van der Waals surface area contributed by atoms with Gasteiger partial charge < -0.3 is 15.1 Å². The fraction of sp³-hybridized carbons (Fsp3) is 0.368. The van der Waals surface area contributed by atoms with Crippen molar-refractivity contribution in [3.05, 3.63) is 59.5 Å². The number of hydrogen-bond acceptors (Lipinski definition) is 3. The number of amides is 2. The number of carbonyl (C=O) groups excluding carboxylic acids is 2. The molecule has 2 aromatic rings. The second-order valence-electron chi connectivity index (χ2n) is 6.31. The topological polar surface area (TPSA) is 71.3 Å². The first-order valence-corrected chi connectivity index (χ1v) is 8.09. The van der Waals surface area contributed by atoms with Gasteiger partial charge in [0.25, 0.3) is 5.91 Å². The molecular weight excluding hydrogens is 304 g/mol. The van der Waals surface area contributed by atoms with Crippen LogP contribution in [-0.2, 0) is 4.79 Å². The Hall–Kier alpha value is -2.56. The van der Waals surface area contributed by atoms with E-state index >= 15 is 0 Å². The first-order chi connectivity index (χ1) is 11.4. The first kappa shape index (κ1) is 17.8. The molecule has 5 nitrogen and oxygen atoms in total. The van der Waals surface area contributed by atoms with Crippen LogP contribution in [0.1, 0.15) is 48.5 Å². The summed E-state index contributed by atoms with van der Waals surface area (Å²) in [6.07, 6.45) is 1.43. The molecule has 2 amide bonds. The molecule has 24 heavy (non-hydrogen) atoms. The van der Waals surface area contributed by atoms with E-state index in [9.17, 15) is 9.59 Å². The molecule has 2 atom stereocenters. The molecule has 0 bridgehead atoms. The summed E-state index contributed by atoms with van der Waals surface area (Å²) < 4.78 is 5.07. The van der Waals surface area contributed by atoms with E-state index in [1.165, 1.54) is 11.8 Å². The predicted molar refractivity (Wildman–Crippen MR) is 92.5 cm³/mol. The molecule has 0 saturated heterocycles. The molecular formula is C19H24N2O3. The molecule has 0 fully saturated rings. The number of aryl methyl sites for hydroxylation is 1. The molecule has 128 valence electrons. The Morgan fingerprint density at radius 2 is 1.67 bits per heavy atom. The van der Waals surface area contributed by atoms with Crippen molar-refractivity contribution in [1.29, 1.82) is 0 Å². The summed E-state index contributed by atoms with van der Waals surface area (Å²) in [5.74, 6) is -0.455. The SMILES string of the molecule is Cc1ccc(C(C)NC(=O)C(NC(=O)c2ccco2)C(C)C)cc1. The third kappa shape index (κ3) is 4.47. The van der Waals surface area contributed by atoms with E-state index in [0.29, 0.717) is 0 Å². The van der Waals surface area contributed by atoms with Crippen LogP contribution >= 0.6 is 0 Å². The quantitative estimate of drug-likeness (QED) is 0.855. The Morgan fingerprint density at radius 1 is 1.00 bits per heavy atom. The zero-order valence-electron chi connectivity index (χ0n) is 14.5. The van der Waals surface area contributed by atoms with Crippen LogP contribution in [0.4, 0.5) is 0 Å². The molecule has 0 aliphatic carbocycles. The zero-order chi connectivity index (χ0) is 17.7. The molecule has 0 spiro atoms. The first-order valence-electron chi connectivity index (χ1n) is 8.09. The van der Waals surface area contributed by atoms with Crippen molar-refractivity contribution in [2.24, 2.45) is 5.92 Å². The zero-order valence-corrected chi connectivity index (χ0v) is 14.5. The van der Waals surface area contributed by atoms with Crippen LogP contribution in [0.2, 0.25) is 0 Å². The molecule has 1 heterocycles. The van der Waals surface area contributed by atoms with Gasteiger partial charge in [-0.2, -0.15) is 0 Å². The van der Waals surface area contributed by atoms with Gasteiger partial charge in [0.1, 0.15) is 6.04 Å². The van der Waals surface area contributed by atoms with Crippen LogP contribution in [0, 0.1) is 12.8 Å². The lowest BCUT2D eigenvalue weighted by Gasteiger charge is -2.24. The van der Waals surface area contributed by atoms with Gasteiger partial charge in [-0.3, -0.25) is 9.59 Å². The van der Waals surface area contributed by atoms with Gasteiger partial charge in [-0.15, -0.1) is 0 Å². The van der Waals surface area contributed by atoms with Crippen LogP contribution in [0.5, 0.6) is 0 Å². The largest absolute Gasteiger partial charge is 0.459 e. The maximum atomic E-state index is 12.6. The van der Waals surface area contributed by atoms with E-state index < -0.39 is 11.9 Å². The average molecular weight is 328 g/mol. The number of hydrogen-bond donors (Lipinski definition) is 2. The Balaban J connectivity index is 2.03. The van der Waals surface area contributed by atoms with Crippen molar-refractivity contribution in [3.63, 3.8) is 0 Å². The third-order valence-electron chi connectivity index (χ3n) is 3.92. The number of benzene rings is 1. The normalized spacial score (nSPS) is 13.4. The fourth-order valence-electron chi connectivity index (χ4n) is 2.40. The Morgan fingerprint density at radius 3 is 2.21 bits per heavy atom. The second-order valence-corrected chi connectivity index (χ2v) is 6.31. The van der Waals surface area contributed by atoms with Crippen LogP contribution < -0.4 is 10.6 Å². The average Bonchev–Trinajstić information content (AvgIpc) is 3.07. The highest BCUT2D eigenvalue weighted by atomic mass is 16.3. The summed E-state index contributed by atoms with van der Waals surface area (Å²) in [5, 5.41) is 5.70. The van der Waals surface area contributed by atoms with Gasteiger partial charge in [-0.25, -0.2) is 0 Å². The monoisotopic (exact) mass is 328 g/mol. The van der Waals surface area contributed by atoms with E-state index in [4.69, 9.17) is 4.42 Å². The Labute approximate surface area is 142 Å². The molecule has 1 aromatic heterocycles. The van der Waals surface area contributed by atoms with Crippen molar-refractivity contribution < 1.29 is 14.0 Å². The van der Waals surface area contributed by atoms with Crippen LogP contribution in [0.3, 0.4) is 0 Å². The molecule has 5 heteroatoms. The predicted octanol–water partition coefficient (Wildman–Crippen LogP) is 3.22. The molecule has 0 aliphatic heterocycles. The van der Waals surface area contributed by atoms with Crippen LogP contribution in [0.15, 0.2) is 47.1 Å².